The van der Waals surface area contributed by atoms with Gasteiger partial charge < -0.3 is 4.90 Å². The summed E-state index contributed by atoms with van der Waals surface area (Å²) < 4.78 is 26.6. The summed E-state index contributed by atoms with van der Waals surface area (Å²) in [6.07, 6.45) is 0.810. The highest BCUT2D eigenvalue weighted by molar-refractivity contribution is 7.89. The van der Waals surface area contributed by atoms with E-state index in [1.165, 1.54) is 16.4 Å². The maximum Gasteiger partial charge on any atom is 0.244 e. The van der Waals surface area contributed by atoms with Crippen molar-refractivity contribution in [1.82, 2.24) is 9.21 Å². The molecule has 0 atom stereocenters. The predicted molar refractivity (Wildman–Crippen MR) is 72.0 cm³/mol. The Labute approximate surface area is 114 Å². The summed E-state index contributed by atoms with van der Waals surface area (Å²) in [6, 6.07) is 8.31. The Morgan fingerprint density at radius 1 is 1.16 bits per heavy atom. The van der Waals surface area contributed by atoms with Crippen LogP contribution in [0.3, 0.4) is 0 Å². The quantitative estimate of drug-likeness (QED) is 0.806. The fraction of sp³-hybridized carbons (Fsp3) is 0.462. The lowest BCUT2D eigenvalue weighted by atomic mass is 10.2. The Morgan fingerprint density at radius 3 is 2.63 bits per heavy atom. The zero-order chi connectivity index (χ0) is 13.9. The Hall–Kier alpha value is -1.42. The summed E-state index contributed by atoms with van der Waals surface area (Å²) >= 11 is 0. The van der Waals surface area contributed by atoms with E-state index in [1.807, 2.05) is 13.1 Å². The second kappa shape index (κ2) is 5.70. The highest BCUT2D eigenvalue weighted by Gasteiger charge is 2.28. The number of nitriles is 1. The Kier molecular flexibility index (Phi) is 4.20. The molecule has 0 amide bonds. The maximum atomic E-state index is 12.6. The van der Waals surface area contributed by atoms with Crippen molar-refractivity contribution in [3.8, 4) is 6.07 Å². The van der Waals surface area contributed by atoms with E-state index in [0.717, 1.165) is 13.0 Å². The van der Waals surface area contributed by atoms with Gasteiger partial charge in [0.05, 0.1) is 10.5 Å². The van der Waals surface area contributed by atoms with Crippen LogP contribution < -0.4 is 0 Å². The number of likely N-dealkylation sites (N-methyl/N-ethyl adjacent to an activating group) is 1. The van der Waals surface area contributed by atoms with E-state index in [2.05, 4.69) is 4.90 Å². The van der Waals surface area contributed by atoms with Gasteiger partial charge in [0.15, 0.2) is 0 Å². The number of benzene rings is 1. The van der Waals surface area contributed by atoms with Gasteiger partial charge in [0.25, 0.3) is 0 Å². The molecule has 0 spiro atoms. The lowest BCUT2D eigenvalue weighted by molar-refractivity contribution is 0.347. The molecule has 1 aliphatic heterocycles. The van der Waals surface area contributed by atoms with Crippen molar-refractivity contribution in [3.05, 3.63) is 29.8 Å². The van der Waals surface area contributed by atoms with E-state index in [1.54, 1.807) is 12.1 Å². The summed E-state index contributed by atoms with van der Waals surface area (Å²) in [5.41, 5.74) is 0.208. The molecule has 1 fully saturated rings. The molecular formula is C13H17N3O2S. The van der Waals surface area contributed by atoms with E-state index in [4.69, 9.17) is 5.26 Å². The van der Waals surface area contributed by atoms with Crippen LogP contribution in [0.1, 0.15) is 12.0 Å². The third-order valence-electron chi connectivity index (χ3n) is 3.30. The molecule has 6 heteroatoms. The molecule has 1 aromatic rings. The van der Waals surface area contributed by atoms with Crippen molar-refractivity contribution in [2.75, 3.05) is 33.2 Å². The van der Waals surface area contributed by atoms with Crippen molar-refractivity contribution >= 4 is 10.0 Å². The van der Waals surface area contributed by atoms with Gasteiger partial charge in [-0.15, -0.1) is 0 Å². The van der Waals surface area contributed by atoms with Gasteiger partial charge in [-0.2, -0.15) is 9.57 Å². The molecule has 5 nitrogen and oxygen atoms in total. The smallest absolute Gasteiger partial charge is 0.244 e. The first-order valence-corrected chi connectivity index (χ1v) is 7.67. The molecule has 0 aliphatic carbocycles. The van der Waals surface area contributed by atoms with Crippen LogP contribution in [0.5, 0.6) is 0 Å². The molecule has 2 rings (SSSR count). The number of sulfonamides is 1. The summed E-state index contributed by atoms with van der Waals surface area (Å²) in [4.78, 5) is 2.23. The maximum absolute atomic E-state index is 12.6. The van der Waals surface area contributed by atoms with Gasteiger partial charge in [-0.05, 0) is 32.1 Å². The zero-order valence-corrected chi connectivity index (χ0v) is 11.7. The van der Waals surface area contributed by atoms with Crippen LogP contribution in [0.4, 0.5) is 0 Å². The monoisotopic (exact) mass is 279 g/mol. The Bertz CT molecular complexity index is 592. The number of hydrogen-bond acceptors (Lipinski definition) is 4. The van der Waals surface area contributed by atoms with Gasteiger partial charge in [0.2, 0.25) is 10.0 Å². The van der Waals surface area contributed by atoms with E-state index in [-0.39, 0.29) is 10.5 Å². The van der Waals surface area contributed by atoms with E-state index in [9.17, 15) is 8.42 Å². The molecule has 0 unspecified atom stereocenters. The standard InChI is InChI=1S/C13H17N3O2S/c1-15-7-4-8-16(10-9-15)19(17,18)13-6-3-2-5-12(13)11-14/h2-3,5-6H,4,7-10H2,1H3. The SMILES string of the molecule is CN1CCCN(S(=O)(=O)c2ccccc2C#N)CC1. The lowest BCUT2D eigenvalue weighted by Gasteiger charge is -2.20. The molecule has 0 aromatic heterocycles. The van der Waals surface area contributed by atoms with Crippen molar-refractivity contribution in [1.29, 1.82) is 5.26 Å². The van der Waals surface area contributed by atoms with Gasteiger partial charge >= 0.3 is 0 Å². The minimum Gasteiger partial charge on any atom is -0.305 e. The summed E-state index contributed by atoms with van der Waals surface area (Å²) in [7, 11) is -1.58. The molecule has 0 bridgehead atoms. The van der Waals surface area contributed by atoms with Gasteiger partial charge in [-0.3, -0.25) is 0 Å². The first-order valence-electron chi connectivity index (χ1n) is 6.23. The largest absolute Gasteiger partial charge is 0.305 e. The third kappa shape index (κ3) is 2.95. The van der Waals surface area contributed by atoms with Crippen molar-refractivity contribution in [2.24, 2.45) is 0 Å². The Morgan fingerprint density at radius 2 is 1.89 bits per heavy atom. The molecule has 19 heavy (non-hydrogen) atoms. The van der Waals surface area contributed by atoms with Crippen LogP contribution in [-0.4, -0.2) is 50.8 Å². The van der Waals surface area contributed by atoms with E-state index < -0.39 is 10.0 Å². The third-order valence-corrected chi connectivity index (χ3v) is 5.26. The van der Waals surface area contributed by atoms with E-state index in [0.29, 0.717) is 19.6 Å². The molecular weight excluding hydrogens is 262 g/mol. The second-order valence-corrected chi connectivity index (χ2v) is 6.58. The number of hydrogen-bond donors (Lipinski definition) is 0. The predicted octanol–water partition coefficient (Wildman–Crippen LogP) is 0.884. The van der Waals surface area contributed by atoms with Gasteiger partial charge in [0.1, 0.15) is 6.07 Å². The average Bonchev–Trinajstić information content (AvgIpc) is 2.64. The van der Waals surface area contributed by atoms with E-state index >= 15 is 0 Å². The molecule has 102 valence electrons. The fourth-order valence-electron chi connectivity index (χ4n) is 2.19. The van der Waals surface area contributed by atoms with Gasteiger partial charge in [-0.1, -0.05) is 12.1 Å². The average molecular weight is 279 g/mol. The van der Waals surface area contributed by atoms with Crippen LogP contribution in [0.2, 0.25) is 0 Å². The van der Waals surface area contributed by atoms with Crippen LogP contribution >= 0.6 is 0 Å². The molecule has 0 radical (unpaired) electrons. The Balaban J connectivity index is 2.34. The zero-order valence-electron chi connectivity index (χ0n) is 10.9. The van der Waals surface area contributed by atoms with Gasteiger partial charge in [-0.25, -0.2) is 8.42 Å². The minimum absolute atomic E-state index is 0.113. The van der Waals surface area contributed by atoms with Crippen LogP contribution in [0, 0.1) is 11.3 Å². The molecule has 0 saturated carbocycles. The summed E-state index contributed by atoms with van der Waals surface area (Å²) in [5, 5.41) is 9.04. The van der Waals surface area contributed by atoms with Crippen LogP contribution in [0.15, 0.2) is 29.2 Å². The molecule has 0 N–H and O–H groups in total. The molecule has 1 saturated heterocycles. The molecule has 1 aliphatic rings. The second-order valence-electron chi connectivity index (χ2n) is 4.67. The van der Waals surface area contributed by atoms with Gasteiger partial charge in [0, 0.05) is 19.6 Å². The minimum atomic E-state index is -3.57. The number of rotatable bonds is 2. The summed E-state index contributed by atoms with van der Waals surface area (Å²) in [6.45, 7) is 2.59. The van der Waals surface area contributed by atoms with Crippen LogP contribution in [0.25, 0.3) is 0 Å². The molecule has 1 aromatic carbocycles. The first kappa shape index (κ1) is 14.0. The van der Waals surface area contributed by atoms with Crippen LogP contribution in [-0.2, 0) is 10.0 Å². The highest BCUT2D eigenvalue weighted by Crippen LogP contribution is 2.20. The van der Waals surface area contributed by atoms with Crippen molar-refractivity contribution in [2.45, 2.75) is 11.3 Å². The topological polar surface area (TPSA) is 64.4 Å². The fourth-order valence-corrected chi connectivity index (χ4v) is 3.80. The first-order chi connectivity index (χ1) is 9.05. The normalized spacial score (nSPS) is 18.7. The number of nitrogens with zero attached hydrogens (tertiary/aromatic N) is 3. The van der Waals surface area contributed by atoms with Crippen molar-refractivity contribution < 1.29 is 8.42 Å². The lowest BCUT2D eigenvalue weighted by Crippen LogP contribution is -2.34. The highest BCUT2D eigenvalue weighted by atomic mass is 32.2. The summed E-state index contributed by atoms with van der Waals surface area (Å²) in [5.74, 6) is 0. The molecule has 1 heterocycles. The van der Waals surface area contributed by atoms with Crippen molar-refractivity contribution in [3.63, 3.8) is 0 Å².